The zero-order valence-electron chi connectivity index (χ0n) is 12.5. The molecule has 0 fully saturated rings. The summed E-state index contributed by atoms with van der Waals surface area (Å²) < 4.78 is 30.4. The number of benzene rings is 2. The van der Waals surface area contributed by atoms with Gasteiger partial charge in [-0.3, -0.25) is 0 Å². The molecule has 2 aromatic carbocycles. The second kappa shape index (κ2) is 5.49. The standard InChI is InChI=1S/C18H17F2NO2/c19-16(20)9-23-15-3-1-2-10-7-14-17-11(4-5-21-14)6-12(22)8-13(17)18(10)15/h1-3,6,8,14,16,21-22H,4-5,7,9H2. The second-order valence-electron chi connectivity index (χ2n) is 6.02. The molecule has 0 amide bonds. The first kappa shape index (κ1) is 14.5. The molecule has 1 aliphatic carbocycles. The van der Waals surface area contributed by atoms with E-state index in [0.717, 1.165) is 47.2 Å². The molecule has 120 valence electrons. The predicted molar refractivity (Wildman–Crippen MR) is 83.2 cm³/mol. The molecule has 0 radical (unpaired) electrons. The highest BCUT2D eigenvalue weighted by molar-refractivity contribution is 5.81. The first-order chi connectivity index (χ1) is 11.1. The van der Waals surface area contributed by atoms with Crippen molar-refractivity contribution in [1.82, 2.24) is 5.32 Å². The van der Waals surface area contributed by atoms with E-state index in [4.69, 9.17) is 4.74 Å². The number of phenols is 1. The van der Waals surface area contributed by atoms with Gasteiger partial charge in [-0.2, -0.15) is 0 Å². The monoisotopic (exact) mass is 317 g/mol. The van der Waals surface area contributed by atoms with Gasteiger partial charge in [-0.05, 0) is 59.8 Å². The summed E-state index contributed by atoms with van der Waals surface area (Å²) in [5.41, 5.74) is 5.07. The number of ether oxygens (including phenoxy) is 1. The van der Waals surface area contributed by atoms with Gasteiger partial charge in [0.1, 0.15) is 18.1 Å². The number of phenolic OH excluding ortho intramolecular Hbond substituents is 1. The largest absolute Gasteiger partial charge is 0.508 e. The number of hydrogen-bond acceptors (Lipinski definition) is 3. The molecule has 1 heterocycles. The molecule has 2 aromatic rings. The number of halogens is 2. The molecule has 2 aliphatic rings. The normalized spacial score (nSPS) is 18.5. The molecule has 0 aromatic heterocycles. The van der Waals surface area contributed by atoms with Gasteiger partial charge in [0.15, 0.2) is 0 Å². The van der Waals surface area contributed by atoms with E-state index in [-0.39, 0.29) is 11.8 Å². The molecule has 0 saturated heterocycles. The molecule has 2 N–H and O–H groups in total. The Morgan fingerprint density at radius 3 is 2.96 bits per heavy atom. The van der Waals surface area contributed by atoms with Crippen molar-refractivity contribution in [1.29, 1.82) is 0 Å². The van der Waals surface area contributed by atoms with Crippen LogP contribution in [0.2, 0.25) is 0 Å². The summed E-state index contributed by atoms with van der Waals surface area (Å²) in [6.45, 7) is 0.247. The zero-order valence-corrected chi connectivity index (χ0v) is 12.5. The molecular weight excluding hydrogens is 300 g/mol. The van der Waals surface area contributed by atoms with Crippen LogP contribution in [-0.4, -0.2) is 24.7 Å². The number of nitrogens with one attached hydrogen (secondary N) is 1. The van der Waals surface area contributed by atoms with Crippen LogP contribution in [0.1, 0.15) is 22.7 Å². The minimum atomic E-state index is -2.51. The Morgan fingerprint density at radius 2 is 2.13 bits per heavy atom. The van der Waals surface area contributed by atoms with Crippen LogP contribution in [0.15, 0.2) is 30.3 Å². The van der Waals surface area contributed by atoms with E-state index in [2.05, 4.69) is 5.32 Å². The fourth-order valence-electron chi connectivity index (χ4n) is 3.72. The van der Waals surface area contributed by atoms with E-state index in [1.165, 1.54) is 0 Å². The van der Waals surface area contributed by atoms with Crippen LogP contribution in [0.25, 0.3) is 11.1 Å². The van der Waals surface area contributed by atoms with Crippen molar-refractivity contribution in [3.05, 3.63) is 47.0 Å². The number of fused-ring (bicyclic) bond motifs is 2. The first-order valence-electron chi connectivity index (χ1n) is 7.76. The third-order valence-electron chi connectivity index (χ3n) is 4.55. The highest BCUT2D eigenvalue weighted by atomic mass is 19.3. The Balaban J connectivity index is 1.89. The maximum Gasteiger partial charge on any atom is 0.272 e. The molecule has 3 nitrogen and oxygen atoms in total. The first-order valence-corrected chi connectivity index (χ1v) is 7.76. The number of rotatable bonds is 3. The Labute approximate surface area is 132 Å². The van der Waals surface area contributed by atoms with Crippen LogP contribution >= 0.6 is 0 Å². The van der Waals surface area contributed by atoms with Crippen molar-refractivity contribution in [3.8, 4) is 22.6 Å². The number of aromatic hydroxyl groups is 1. The van der Waals surface area contributed by atoms with Crippen LogP contribution < -0.4 is 10.1 Å². The van der Waals surface area contributed by atoms with Gasteiger partial charge in [0.25, 0.3) is 6.43 Å². The summed E-state index contributed by atoms with van der Waals surface area (Å²) in [6.07, 6.45) is -0.865. The van der Waals surface area contributed by atoms with Gasteiger partial charge < -0.3 is 15.2 Å². The Kier molecular flexibility index (Phi) is 3.45. The van der Waals surface area contributed by atoms with Gasteiger partial charge in [-0.25, -0.2) is 8.78 Å². The van der Waals surface area contributed by atoms with E-state index in [1.54, 1.807) is 18.2 Å². The SMILES string of the molecule is Oc1cc2c3c(c1)-c1c(cccc1OCC(F)F)CC3NCC2. The quantitative estimate of drug-likeness (QED) is 0.911. The number of alkyl halides is 2. The smallest absolute Gasteiger partial charge is 0.272 e. The topological polar surface area (TPSA) is 41.5 Å². The van der Waals surface area contributed by atoms with Crippen LogP contribution in [0.5, 0.6) is 11.5 Å². The Bertz CT molecular complexity index is 761. The number of hydrogen-bond donors (Lipinski definition) is 2. The molecule has 0 saturated carbocycles. The maximum absolute atomic E-state index is 12.5. The van der Waals surface area contributed by atoms with Crippen molar-refractivity contribution >= 4 is 0 Å². The molecule has 5 heteroatoms. The van der Waals surface area contributed by atoms with E-state index in [9.17, 15) is 13.9 Å². The highest BCUT2D eigenvalue weighted by Gasteiger charge is 2.31. The van der Waals surface area contributed by atoms with E-state index < -0.39 is 13.0 Å². The van der Waals surface area contributed by atoms with E-state index in [0.29, 0.717) is 5.75 Å². The van der Waals surface area contributed by atoms with Gasteiger partial charge in [0, 0.05) is 11.6 Å². The Hall–Kier alpha value is -2.14. The lowest BCUT2D eigenvalue weighted by Crippen LogP contribution is -2.33. The van der Waals surface area contributed by atoms with Gasteiger partial charge >= 0.3 is 0 Å². The minimum Gasteiger partial charge on any atom is -0.508 e. The average Bonchev–Trinajstić information content (AvgIpc) is 2.52. The summed E-state index contributed by atoms with van der Waals surface area (Å²) in [5.74, 6) is 0.663. The summed E-state index contributed by atoms with van der Waals surface area (Å²) >= 11 is 0. The zero-order chi connectivity index (χ0) is 16.0. The van der Waals surface area contributed by atoms with Crippen LogP contribution in [0, 0.1) is 0 Å². The molecule has 1 atom stereocenters. The van der Waals surface area contributed by atoms with E-state index >= 15 is 0 Å². The lowest BCUT2D eigenvalue weighted by molar-refractivity contribution is 0.0821. The lowest BCUT2D eigenvalue weighted by atomic mass is 9.77. The lowest BCUT2D eigenvalue weighted by Gasteiger charge is -2.35. The van der Waals surface area contributed by atoms with Gasteiger partial charge in [0.05, 0.1) is 0 Å². The van der Waals surface area contributed by atoms with E-state index in [1.807, 2.05) is 12.1 Å². The maximum atomic E-state index is 12.5. The van der Waals surface area contributed by atoms with Crippen molar-refractivity contribution in [3.63, 3.8) is 0 Å². The molecule has 1 aliphatic heterocycles. The predicted octanol–water partition coefficient (Wildman–Crippen LogP) is 3.45. The molecule has 0 spiro atoms. The Morgan fingerprint density at radius 1 is 1.26 bits per heavy atom. The summed E-state index contributed by atoms with van der Waals surface area (Å²) in [4.78, 5) is 0. The average molecular weight is 317 g/mol. The highest BCUT2D eigenvalue weighted by Crippen LogP contribution is 2.47. The van der Waals surface area contributed by atoms with Crippen LogP contribution in [-0.2, 0) is 12.8 Å². The summed E-state index contributed by atoms with van der Waals surface area (Å²) in [7, 11) is 0. The molecule has 23 heavy (non-hydrogen) atoms. The van der Waals surface area contributed by atoms with Gasteiger partial charge in [-0.15, -0.1) is 0 Å². The summed E-state index contributed by atoms with van der Waals surface area (Å²) in [5, 5.41) is 13.6. The fraction of sp³-hybridized carbons (Fsp3) is 0.333. The molecule has 1 unspecified atom stereocenters. The third kappa shape index (κ3) is 2.45. The van der Waals surface area contributed by atoms with Crippen molar-refractivity contribution in [2.45, 2.75) is 25.3 Å². The van der Waals surface area contributed by atoms with Crippen molar-refractivity contribution < 1.29 is 18.6 Å². The van der Waals surface area contributed by atoms with Gasteiger partial charge in [0.2, 0.25) is 0 Å². The fourth-order valence-corrected chi connectivity index (χ4v) is 3.72. The molecular formula is C18H17F2NO2. The third-order valence-corrected chi connectivity index (χ3v) is 4.55. The molecule has 0 bridgehead atoms. The molecule has 4 rings (SSSR count). The van der Waals surface area contributed by atoms with Crippen LogP contribution in [0.4, 0.5) is 8.78 Å². The van der Waals surface area contributed by atoms with Crippen molar-refractivity contribution in [2.24, 2.45) is 0 Å². The van der Waals surface area contributed by atoms with Gasteiger partial charge in [-0.1, -0.05) is 12.1 Å². The summed E-state index contributed by atoms with van der Waals surface area (Å²) in [6, 6.07) is 9.26. The second-order valence-corrected chi connectivity index (χ2v) is 6.02. The van der Waals surface area contributed by atoms with Crippen LogP contribution in [0.3, 0.4) is 0 Å². The van der Waals surface area contributed by atoms with Crippen molar-refractivity contribution in [2.75, 3.05) is 13.2 Å². The minimum absolute atomic E-state index is 0.201.